The maximum Gasteiger partial charge on any atom is 0.319 e. The highest BCUT2D eigenvalue weighted by Gasteiger charge is 2.49. The van der Waals surface area contributed by atoms with Gasteiger partial charge in [0.1, 0.15) is 52.9 Å². The van der Waals surface area contributed by atoms with Gasteiger partial charge in [0.25, 0.3) is 0 Å². The lowest BCUT2D eigenvalue weighted by atomic mass is 9.94. The van der Waals surface area contributed by atoms with Crippen LogP contribution in [-0.2, 0) is 6.42 Å². The number of pyridine rings is 1. The highest BCUT2D eigenvalue weighted by atomic mass is 19.1. The first-order valence-corrected chi connectivity index (χ1v) is 16.1. The highest BCUT2D eigenvalue weighted by Crippen LogP contribution is 2.46. The van der Waals surface area contributed by atoms with Crippen molar-refractivity contribution in [3.05, 3.63) is 41.5 Å². The molecule has 0 saturated carbocycles. The first-order chi connectivity index (χ1) is 21.8. The summed E-state index contributed by atoms with van der Waals surface area (Å²) >= 11 is 0. The molecule has 8 rings (SSSR count). The molecule has 4 atom stereocenters. The van der Waals surface area contributed by atoms with Gasteiger partial charge < -0.3 is 19.5 Å². The third kappa shape index (κ3) is 4.48. The van der Waals surface area contributed by atoms with Gasteiger partial charge in [-0.1, -0.05) is 13.0 Å². The van der Waals surface area contributed by atoms with Gasteiger partial charge in [-0.2, -0.15) is 9.97 Å². The van der Waals surface area contributed by atoms with E-state index in [4.69, 9.17) is 19.4 Å². The fourth-order valence-electron chi connectivity index (χ4n) is 8.28. The number of phenolic OH excluding ortho intramolecular Hbond substituents is 1. The van der Waals surface area contributed by atoms with Gasteiger partial charge in [-0.15, -0.1) is 0 Å². The molecule has 45 heavy (non-hydrogen) atoms. The normalized spacial score (nSPS) is 26.2. The van der Waals surface area contributed by atoms with Gasteiger partial charge in [-0.05, 0) is 86.5 Å². The van der Waals surface area contributed by atoms with Crippen molar-refractivity contribution in [3.8, 4) is 28.9 Å². The highest BCUT2D eigenvalue weighted by molar-refractivity contribution is 6.03. The number of halogens is 3. The fraction of sp³-hybridized carbons (Fsp3) is 0.500. The summed E-state index contributed by atoms with van der Waals surface area (Å²) in [5, 5.41) is 12.1. The summed E-state index contributed by atoms with van der Waals surface area (Å²) in [5.74, 6) is -0.556. The molecular weight excluding hydrogens is 583 g/mol. The molecular formula is C34H36F3N5O3. The van der Waals surface area contributed by atoms with E-state index < -0.39 is 23.3 Å². The van der Waals surface area contributed by atoms with Gasteiger partial charge in [0.15, 0.2) is 5.82 Å². The van der Waals surface area contributed by atoms with Crippen LogP contribution in [0.2, 0.25) is 0 Å². The van der Waals surface area contributed by atoms with E-state index in [2.05, 4.69) is 14.8 Å². The van der Waals surface area contributed by atoms with Crippen LogP contribution in [0.3, 0.4) is 0 Å². The van der Waals surface area contributed by atoms with E-state index in [0.717, 1.165) is 38.6 Å². The van der Waals surface area contributed by atoms with Crippen LogP contribution in [0.4, 0.5) is 19.0 Å². The Labute approximate surface area is 259 Å². The molecule has 4 aromatic rings. The second-order valence-corrected chi connectivity index (χ2v) is 13.0. The molecule has 6 heterocycles. The number of aromatic nitrogens is 3. The SMILES string of the molecule is CCc1c(F)ccc2cc(O)cc(-c3nc4c5c(nc(OC[C@@]67CCCN6C[C@H](F)C7)nc5c3F)N3CCCC[C@H]3[C@H](C)O4)c12. The number of alkyl halides is 1. The lowest BCUT2D eigenvalue weighted by Gasteiger charge is -2.38. The second-order valence-electron chi connectivity index (χ2n) is 13.0. The predicted molar refractivity (Wildman–Crippen MR) is 165 cm³/mol. The zero-order chi connectivity index (χ0) is 31.0. The number of phenols is 1. The summed E-state index contributed by atoms with van der Waals surface area (Å²) < 4.78 is 59.3. The van der Waals surface area contributed by atoms with Crippen molar-refractivity contribution in [2.45, 2.75) is 82.6 Å². The molecule has 0 aliphatic carbocycles. The van der Waals surface area contributed by atoms with Crippen molar-refractivity contribution in [2.24, 2.45) is 0 Å². The molecule has 0 bridgehead atoms. The Morgan fingerprint density at radius 3 is 2.80 bits per heavy atom. The Morgan fingerprint density at radius 2 is 1.96 bits per heavy atom. The molecule has 0 amide bonds. The minimum Gasteiger partial charge on any atom is -0.508 e. The zero-order valence-corrected chi connectivity index (χ0v) is 25.5. The molecule has 11 heteroatoms. The van der Waals surface area contributed by atoms with E-state index in [1.165, 1.54) is 18.2 Å². The number of ether oxygens (including phenoxy) is 2. The summed E-state index contributed by atoms with van der Waals surface area (Å²) in [7, 11) is 0. The summed E-state index contributed by atoms with van der Waals surface area (Å²) in [5.41, 5.74) is 0.105. The Bertz CT molecular complexity index is 1840. The van der Waals surface area contributed by atoms with Crippen LogP contribution in [0.15, 0.2) is 24.3 Å². The van der Waals surface area contributed by atoms with E-state index in [1.807, 2.05) is 13.8 Å². The van der Waals surface area contributed by atoms with Crippen LogP contribution in [0.1, 0.15) is 57.9 Å². The van der Waals surface area contributed by atoms with Crippen LogP contribution < -0.4 is 14.4 Å². The molecule has 3 saturated heterocycles. The fourth-order valence-corrected chi connectivity index (χ4v) is 8.28. The largest absolute Gasteiger partial charge is 0.508 e. The monoisotopic (exact) mass is 619 g/mol. The molecule has 3 fully saturated rings. The Morgan fingerprint density at radius 1 is 1.09 bits per heavy atom. The predicted octanol–water partition coefficient (Wildman–Crippen LogP) is 6.49. The average Bonchev–Trinajstić information content (AvgIpc) is 3.52. The smallest absolute Gasteiger partial charge is 0.319 e. The molecule has 2 aromatic carbocycles. The number of fused-ring (bicyclic) bond motifs is 4. The summed E-state index contributed by atoms with van der Waals surface area (Å²) in [4.78, 5) is 18.5. The lowest BCUT2D eigenvalue weighted by Crippen LogP contribution is -2.47. The first-order valence-electron chi connectivity index (χ1n) is 16.1. The third-order valence-electron chi connectivity index (χ3n) is 10.4. The minimum absolute atomic E-state index is 0.0150. The molecule has 0 spiro atoms. The summed E-state index contributed by atoms with van der Waals surface area (Å²) in [6, 6.07) is 5.87. The lowest BCUT2D eigenvalue weighted by molar-refractivity contribution is 0.107. The van der Waals surface area contributed by atoms with E-state index in [9.17, 15) is 9.50 Å². The Hall–Kier alpha value is -3.86. The molecule has 1 N–H and O–H groups in total. The van der Waals surface area contributed by atoms with Crippen molar-refractivity contribution >= 4 is 27.5 Å². The van der Waals surface area contributed by atoms with Crippen molar-refractivity contribution in [2.75, 3.05) is 31.1 Å². The summed E-state index contributed by atoms with van der Waals surface area (Å²) in [6.45, 7) is 5.94. The quantitative estimate of drug-likeness (QED) is 0.272. The van der Waals surface area contributed by atoms with Gasteiger partial charge in [0.2, 0.25) is 5.88 Å². The second kappa shape index (κ2) is 10.6. The maximum atomic E-state index is 17.0. The number of hydrogen-bond donors (Lipinski definition) is 1. The van der Waals surface area contributed by atoms with E-state index in [-0.39, 0.29) is 53.2 Å². The number of nitrogens with zero attached hydrogens (tertiary/aromatic N) is 5. The van der Waals surface area contributed by atoms with Gasteiger partial charge in [0, 0.05) is 25.1 Å². The van der Waals surface area contributed by atoms with Crippen LogP contribution in [0.25, 0.3) is 32.9 Å². The average molecular weight is 620 g/mol. The third-order valence-corrected chi connectivity index (χ3v) is 10.4. The number of anilines is 1. The Balaban J connectivity index is 1.34. The molecule has 0 unspecified atom stereocenters. The number of piperidine rings is 1. The van der Waals surface area contributed by atoms with Crippen molar-refractivity contribution in [1.29, 1.82) is 0 Å². The molecule has 0 radical (unpaired) electrons. The maximum absolute atomic E-state index is 17.0. The van der Waals surface area contributed by atoms with Gasteiger partial charge in [-0.25, -0.2) is 18.2 Å². The molecule has 8 nitrogen and oxygen atoms in total. The van der Waals surface area contributed by atoms with Crippen molar-refractivity contribution in [1.82, 2.24) is 19.9 Å². The zero-order valence-electron chi connectivity index (χ0n) is 25.5. The number of aryl methyl sites for hydroxylation is 1. The van der Waals surface area contributed by atoms with Gasteiger partial charge >= 0.3 is 6.01 Å². The molecule has 2 aromatic heterocycles. The first kappa shape index (κ1) is 28.6. The van der Waals surface area contributed by atoms with Crippen molar-refractivity contribution in [3.63, 3.8) is 0 Å². The standard InChI is InChI=1S/C34H36F3N5O3/c1-3-22-24(36)9-8-19-13-21(43)14-23(26(19)22)29-28(37)30-27-31(42-12-5-4-7-25(42)18(2)45-32(27)38-29)40-33(39-30)44-17-34-10-6-11-41(34)16-20(35)15-34/h8-9,13-14,18,20,25,43H,3-7,10-12,15-17H2,1-2H3/t18-,20+,25-,34-/m0/s1. The van der Waals surface area contributed by atoms with E-state index in [0.29, 0.717) is 53.5 Å². The molecule has 4 aliphatic rings. The van der Waals surface area contributed by atoms with Crippen LogP contribution in [0, 0.1) is 11.6 Å². The Kier molecular flexibility index (Phi) is 6.74. The van der Waals surface area contributed by atoms with Crippen LogP contribution in [0.5, 0.6) is 17.6 Å². The summed E-state index contributed by atoms with van der Waals surface area (Å²) in [6.07, 6.45) is 4.19. The van der Waals surface area contributed by atoms with Gasteiger partial charge in [-0.3, -0.25) is 4.90 Å². The minimum atomic E-state index is -0.910. The van der Waals surface area contributed by atoms with Crippen LogP contribution in [-0.4, -0.2) is 75.1 Å². The van der Waals surface area contributed by atoms with Crippen molar-refractivity contribution < 1.29 is 27.8 Å². The van der Waals surface area contributed by atoms with E-state index in [1.54, 1.807) is 6.07 Å². The number of aromatic hydroxyl groups is 1. The van der Waals surface area contributed by atoms with E-state index >= 15 is 8.78 Å². The molecule has 4 aliphatic heterocycles. The van der Waals surface area contributed by atoms with Gasteiger partial charge in [0.05, 0.1) is 11.6 Å². The number of hydrogen-bond acceptors (Lipinski definition) is 8. The molecule has 236 valence electrons. The van der Waals surface area contributed by atoms with Crippen LogP contribution >= 0.6 is 0 Å². The topological polar surface area (TPSA) is 83.8 Å². The number of rotatable bonds is 5. The number of benzene rings is 2.